The van der Waals surface area contributed by atoms with Crippen LogP contribution < -0.4 is 9.80 Å². The molecule has 2 heterocycles. The summed E-state index contributed by atoms with van der Waals surface area (Å²) in [4.78, 5) is 5.09. The number of hydrogen-bond acceptors (Lipinski definition) is 2. The standard InChI is InChI=1S/C62H48N4/c1-41-23-11-17-33-49(41)65(50-34-18-12-24-42(50)2)57-39-55-60(48-32-16-22-38-54(48)63(55)45-27-7-5-8-28-45)62-58(66(51-35-19-13-25-43(51)3)52-36-20-14-26-44(52)4)40-56-59(61(57)62)47-31-15-21-37-53(47)64(56)46-29-9-6-10-30-46/h5-40H,1-4H3. The summed E-state index contributed by atoms with van der Waals surface area (Å²) in [5.74, 6) is 0. The third-order valence-corrected chi connectivity index (χ3v) is 13.6. The van der Waals surface area contributed by atoms with Crippen molar-refractivity contribution in [2.45, 2.75) is 27.7 Å². The van der Waals surface area contributed by atoms with E-state index in [4.69, 9.17) is 0 Å². The zero-order chi connectivity index (χ0) is 44.5. The summed E-state index contributed by atoms with van der Waals surface area (Å²) >= 11 is 0. The van der Waals surface area contributed by atoms with Crippen LogP contribution in [0.15, 0.2) is 218 Å². The summed E-state index contributed by atoms with van der Waals surface area (Å²) in [6.07, 6.45) is 0. The number of fused-ring (bicyclic) bond motifs is 9. The zero-order valence-corrected chi connectivity index (χ0v) is 37.6. The number of benzene rings is 10. The van der Waals surface area contributed by atoms with Gasteiger partial charge in [0.15, 0.2) is 0 Å². The first-order chi connectivity index (χ1) is 32.5. The van der Waals surface area contributed by atoms with Gasteiger partial charge in [-0.2, -0.15) is 0 Å². The minimum absolute atomic E-state index is 1.11. The topological polar surface area (TPSA) is 16.3 Å². The number of nitrogens with zero attached hydrogens (tertiary/aromatic N) is 4. The van der Waals surface area contributed by atoms with E-state index in [-0.39, 0.29) is 0 Å². The maximum atomic E-state index is 2.54. The Morgan fingerprint density at radius 3 is 0.879 bits per heavy atom. The lowest BCUT2D eigenvalue weighted by atomic mass is 9.93. The molecule has 4 heteroatoms. The highest BCUT2D eigenvalue weighted by molar-refractivity contribution is 6.37. The molecule has 316 valence electrons. The van der Waals surface area contributed by atoms with Crippen LogP contribution in [0.2, 0.25) is 0 Å². The molecule has 12 aromatic rings. The molecule has 0 unspecified atom stereocenters. The van der Waals surface area contributed by atoms with Gasteiger partial charge in [-0.05, 0) is 123 Å². The smallest absolute Gasteiger partial charge is 0.0569 e. The maximum absolute atomic E-state index is 2.54. The van der Waals surface area contributed by atoms with Crippen molar-refractivity contribution in [3.05, 3.63) is 241 Å². The van der Waals surface area contributed by atoms with Gasteiger partial charge >= 0.3 is 0 Å². The minimum atomic E-state index is 1.11. The van der Waals surface area contributed by atoms with Gasteiger partial charge in [0.2, 0.25) is 0 Å². The van der Waals surface area contributed by atoms with Crippen molar-refractivity contribution in [1.29, 1.82) is 0 Å². The highest BCUT2D eigenvalue weighted by Gasteiger charge is 2.31. The number of aryl methyl sites for hydroxylation is 4. The van der Waals surface area contributed by atoms with Crippen LogP contribution >= 0.6 is 0 Å². The monoisotopic (exact) mass is 848 g/mol. The van der Waals surface area contributed by atoms with Crippen LogP contribution in [0, 0.1) is 27.7 Å². The minimum Gasteiger partial charge on any atom is -0.309 e. The fourth-order valence-electron chi connectivity index (χ4n) is 10.6. The van der Waals surface area contributed by atoms with Gasteiger partial charge in [-0.25, -0.2) is 0 Å². The Morgan fingerprint density at radius 2 is 0.545 bits per heavy atom. The third kappa shape index (κ3) is 6.06. The van der Waals surface area contributed by atoms with Crippen LogP contribution in [0.3, 0.4) is 0 Å². The van der Waals surface area contributed by atoms with Crippen LogP contribution in [0.4, 0.5) is 34.1 Å². The van der Waals surface area contributed by atoms with E-state index in [1.54, 1.807) is 0 Å². The zero-order valence-electron chi connectivity index (χ0n) is 37.6. The molecule has 10 aromatic carbocycles. The Bertz CT molecular complexity index is 3480. The summed E-state index contributed by atoms with van der Waals surface area (Å²) in [6, 6.07) is 80.1. The van der Waals surface area contributed by atoms with E-state index >= 15 is 0 Å². The van der Waals surface area contributed by atoms with Gasteiger partial charge in [-0.15, -0.1) is 0 Å². The fraction of sp³-hybridized carbons (Fsp3) is 0.0645. The second kappa shape index (κ2) is 15.7. The first-order valence-electron chi connectivity index (χ1n) is 22.9. The summed E-state index contributed by atoms with van der Waals surface area (Å²) in [6.45, 7) is 8.96. The molecule has 0 fully saturated rings. The van der Waals surface area contributed by atoms with Crippen molar-refractivity contribution >= 4 is 88.5 Å². The Labute approximate surface area is 385 Å². The van der Waals surface area contributed by atoms with Crippen molar-refractivity contribution in [2.75, 3.05) is 9.80 Å². The number of rotatable bonds is 8. The third-order valence-electron chi connectivity index (χ3n) is 13.6. The van der Waals surface area contributed by atoms with Crippen LogP contribution in [0.25, 0.3) is 65.8 Å². The van der Waals surface area contributed by atoms with E-state index in [0.29, 0.717) is 0 Å². The highest BCUT2D eigenvalue weighted by atomic mass is 15.2. The van der Waals surface area contributed by atoms with E-state index in [2.05, 4.69) is 265 Å². The molecule has 0 spiro atoms. The molecule has 0 aliphatic heterocycles. The Morgan fingerprint density at radius 1 is 0.258 bits per heavy atom. The Kier molecular flexibility index (Phi) is 9.35. The number of para-hydroxylation sites is 8. The molecule has 0 radical (unpaired) electrons. The number of aromatic nitrogens is 2. The maximum Gasteiger partial charge on any atom is 0.0569 e. The number of anilines is 6. The van der Waals surface area contributed by atoms with E-state index in [1.807, 2.05) is 0 Å². The molecule has 4 nitrogen and oxygen atoms in total. The summed E-state index contributed by atoms with van der Waals surface area (Å²) in [5.41, 5.74) is 18.4. The lowest BCUT2D eigenvalue weighted by Gasteiger charge is -2.33. The average Bonchev–Trinajstić information content (AvgIpc) is 3.87. The largest absolute Gasteiger partial charge is 0.309 e. The summed E-state index contributed by atoms with van der Waals surface area (Å²) in [7, 11) is 0. The van der Waals surface area contributed by atoms with Crippen molar-refractivity contribution in [3.8, 4) is 11.4 Å². The van der Waals surface area contributed by atoms with Gasteiger partial charge in [0, 0.05) is 66.4 Å². The normalized spacial score (nSPS) is 11.6. The van der Waals surface area contributed by atoms with Gasteiger partial charge in [0.25, 0.3) is 0 Å². The second-order valence-electron chi connectivity index (χ2n) is 17.5. The first kappa shape index (κ1) is 39.3. The van der Waals surface area contributed by atoms with Gasteiger partial charge in [0.1, 0.15) is 0 Å². The summed E-state index contributed by atoms with van der Waals surface area (Å²) < 4.78 is 4.96. The lowest BCUT2D eigenvalue weighted by molar-refractivity contribution is 1.17. The molecule has 0 aliphatic carbocycles. The molecule has 0 saturated heterocycles. The van der Waals surface area contributed by atoms with Gasteiger partial charge in [-0.1, -0.05) is 146 Å². The van der Waals surface area contributed by atoms with Crippen molar-refractivity contribution in [1.82, 2.24) is 9.13 Å². The molecule has 2 aromatic heterocycles. The van der Waals surface area contributed by atoms with Gasteiger partial charge in [0.05, 0.1) is 33.4 Å². The fourth-order valence-corrected chi connectivity index (χ4v) is 10.6. The van der Waals surface area contributed by atoms with E-state index in [0.717, 1.165) is 67.6 Å². The van der Waals surface area contributed by atoms with Crippen LogP contribution in [0.1, 0.15) is 22.3 Å². The number of hydrogen-bond donors (Lipinski definition) is 0. The highest BCUT2D eigenvalue weighted by Crippen LogP contribution is 2.55. The predicted octanol–water partition coefficient (Wildman–Crippen LogP) is 17.2. The lowest BCUT2D eigenvalue weighted by Crippen LogP contribution is -2.16. The molecular weight excluding hydrogens is 801 g/mol. The van der Waals surface area contributed by atoms with Crippen LogP contribution in [0.5, 0.6) is 0 Å². The second-order valence-corrected chi connectivity index (χ2v) is 17.5. The first-order valence-corrected chi connectivity index (χ1v) is 22.9. The van der Waals surface area contributed by atoms with Crippen molar-refractivity contribution in [3.63, 3.8) is 0 Å². The Balaban J connectivity index is 1.43. The van der Waals surface area contributed by atoms with Crippen LogP contribution in [-0.2, 0) is 0 Å². The Hall–Kier alpha value is -8.34. The van der Waals surface area contributed by atoms with Crippen molar-refractivity contribution in [2.24, 2.45) is 0 Å². The van der Waals surface area contributed by atoms with Gasteiger partial charge in [-0.3, -0.25) is 0 Å². The molecule has 0 atom stereocenters. The molecule has 0 aliphatic rings. The molecule has 0 N–H and O–H groups in total. The SMILES string of the molecule is Cc1ccccc1N(c1ccccc1C)c1cc2c(c3ccccc3n2-c2ccccc2)c2c(N(c3ccccc3C)c3ccccc3C)cc3c(c4ccccc4n3-c3ccccc3)c12. The average molecular weight is 849 g/mol. The van der Waals surface area contributed by atoms with E-state index in [9.17, 15) is 0 Å². The summed E-state index contributed by atoms with van der Waals surface area (Å²) in [5, 5.41) is 7.21. The molecule has 66 heavy (non-hydrogen) atoms. The predicted molar refractivity (Wildman–Crippen MR) is 281 cm³/mol. The van der Waals surface area contributed by atoms with Gasteiger partial charge < -0.3 is 18.9 Å². The van der Waals surface area contributed by atoms with Crippen molar-refractivity contribution < 1.29 is 0 Å². The molecule has 0 amide bonds. The quantitative estimate of drug-likeness (QED) is 0.151. The molecule has 0 saturated carbocycles. The molecule has 12 rings (SSSR count). The molecule has 0 bridgehead atoms. The molecular formula is C62H48N4. The van der Waals surface area contributed by atoms with Crippen LogP contribution in [-0.4, -0.2) is 9.13 Å². The van der Waals surface area contributed by atoms with E-state index in [1.165, 1.54) is 54.6 Å². The van der Waals surface area contributed by atoms with E-state index < -0.39 is 0 Å².